The maximum absolute atomic E-state index is 13.1. The number of morpholine rings is 1. The van der Waals surface area contributed by atoms with E-state index in [-0.39, 0.29) is 38.9 Å². The predicted molar refractivity (Wildman–Crippen MR) is 130 cm³/mol. The maximum Gasteiger partial charge on any atom is 0.261 e. The summed E-state index contributed by atoms with van der Waals surface area (Å²) >= 11 is 6.08. The summed E-state index contributed by atoms with van der Waals surface area (Å²) in [6.07, 6.45) is 2.55. The number of carbonyl (C=O) groups excluding carboxylic acids is 1. The van der Waals surface area contributed by atoms with Crippen molar-refractivity contribution >= 4 is 38.8 Å². The number of nitrogens with zero attached hydrogens (tertiary/aromatic N) is 2. The first-order chi connectivity index (χ1) is 16.1. The largest absolute Gasteiger partial charge is 0.619 e. The van der Waals surface area contributed by atoms with Gasteiger partial charge in [0.2, 0.25) is 0 Å². The van der Waals surface area contributed by atoms with Crippen LogP contribution in [0.15, 0.2) is 71.9 Å². The van der Waals surface area contributed by atoms with E-state index in [1.54, 1.807) is 12.1 Å². The van der Waals surface area contributed by atoms with Crippen molar-refractivity contribution in [3.05, 3.63) is 88.3 Å². The van der Waals surface area contributed by atoms with Crippen LogP contribution in [-0.2, 0) is 14.8 Å². The summed E-state index contributed by atoms with van der Waals surface area (Å²) in [4.78, 5) is 15.2. The highest BCUT2D eigenvalue weighted by Crippen LogP contribution is 2.27. The molecule has 2 aromatic carbocycles. The number of sulfonamides is 1. The van der Waals surface area contributed by atoms with Gasteiger partial charge in [-0.1, -0.05) is 11.6 Å². The zero-order valence-electron chi connectivity index (χ0n) is 18.6. The molecule has 178 valence electrons. The zero-order chi connectivity index (χ0) is 24.5. The molecule has 4 rings (SSSR count). The molecule has 0 unspecified atom stereocenters. The van der Waals surface area contributed by atoms with E-state index in [9.17, 15) is 18.4 Å². The second-order valence-corrected chi connectivity index (χ2v) is 10.3. The van der Waals surface area contributed by atoms with Crippen LogP contribution in [0.3, 0.4) is 0 Å². The second-order valence-electron chi connectivity index (χ2n) is 8.23. The Hall–Kier alpha value is -3.14. The number of benzene rings is 2. The highest BCUT2D eigenvalue weighted by Gasteiger charge is 2.24. The van der Waals surface area contributed by atoms with Gasteiger partial charge in [0.1, 0.15) is 0 Å². The van der Waals surface area contributed by atoms with Gasteiger partial charge in [-0.15, -0.1) is 0 Å². The van der Waals surface area contributed by atoms with Gasteiger partial charge in [0, 0.05) is 47.1 Å². The third kappa shape index (κ3) is 5.32. The topological polar surface area (TPSA) is 103 Å². The number of nitrogens with one attached hydrogen (secondary N) is 1. The van der Waals surface area contributed by atoms with Crippen molar-refractivity contribution in [2.24, 2.45) is 0 Å². The first-order valence-electron chi connectivity index (χ1n) is 10.7. The second kappa shape index (κ2) is 9.61. The molecule has 0 saturated carbocycles. The van der Waals surface area contributed by atoms with Crippen molar-refractivity contribution in [3.63, 3.8) is 0 Å². The standard InChI is InChI=1S/C24H24ClN3O5S/c1-16-14-27(15-17(2)33-16)20-4-6-21(7-5-20)34(31,32)26-23-8-3-19(25)13-22(23)24(29)18-9-11-28(30)12-10-18/h3-13,16-17,26H,14-15H2,1-2H3/t16-,17+. The van der Waals surface area contributed by atoms with Crippen LogP contribution < -0.4 is 14.4 Å². The molecule has 1 aromatic heterocycles. The normalized spacial score (nSPS) is 18.5. The molecule has 1 saturated heterocycles. The summed E-state index contributed by atoms with van der Waals surface area (Å²) in [5.41, 5.74) is 1.30. The summed E-state index contributed by atoms with van der Waals surface area (Å²) in [7, 11) is -3.98. The molecular weight excluding hydrogens is 478 g/mol. The zero-order valence-corrected chi connectivity index (χ0v) is 20.2. The van der Waals surface area contributed by atoms with E-state index in [1.165, 1.54) is 54.9 Å². The molecule has 3 aromatic rings. The van der Waals surface area contributed by atoms with Crippen LogP contribution >= 0.6 is 11.6 Å². The lowest BCUT2D eigenvalue weighted by Crippen LogP contribution is -2.45. The van der Waals surface area contributed by atoms with Gasteiger partial charge in [0.05, 0.1) is 22.8 Å². The molecule has 0 bridgehead atoms. The Bertz CT molecular complexity index is 1290. The number of ketones is 1. The number of hydrogen-bond donors (Lipinski definition) is 1. The summed E-state index contributed by atoms with van der Waals surface area (Å²) in [5, 5.41) is 11.6. The average Bonchev–Trinajstić information content (AvgIpc) is 2.79. The van der Waals surface area contributed by atoms with Gasteiger partial charge in [-0.3, -0.25) is 9.52 Å². The van der Waals surface area contributed by atoms with Crippen molar-refractivity contribution in [3.8, 4) is 0 Å². The van der Waals surface area contributed by atoms with Crippen LogP contribution in [-0.4, -0.2) is 39.5 Å². The van der Waals surface area contributed by atoms with Gasteiger partial charge in [0.25, 0.3) is 10.0 Å². The molecule has 34 heavy (non-hydrogen) atoms. The molecule has 1 aliphatic heterocycles. The fraction of sp³-hybridized carbons (Fsp3) is 0.250. The number of carbonyl (C=O) groups is 1. The highest BCUT2D eigenvalue weighted by atomic mass is 35.5. The van der Waals surface area contributed by atoms with Gasteiger partial charge >= 0.3 is 0 Å². The van der Waals surface area contributed by atoms with E-state index in [4.69, 9.17) is 16.3 Å². The Kier molecular flexibility index (Phi) is 6.79. The van der Waals surface area contributed by atoms with Gasteiger partial charge in [-0.05, 0) is 56.3 Å². The molecular formula is C24H24ClN3O5S. The quantitative estimate of drug-likeness (QED) is 0.314. The smallest absolute Gasteiger partial charge is 0.261 e. The first kappa shape index (κ1) is 24.0. The Labute approximate surface area is 203 Å². The minimum Gasteiger partial charge on any atom is -0.619 e. The van der Waals surface area contributed by atoms with E-state index in [0.717, 1.165) is 18.8 Å². The molecule has 0 radical (unpaired) electrons. The van der Waals surface area contributed by atoms with E-state index >= 15 is 0 Å². The number of hydrogen-bond acceptors (Lipinski definition) is 6. The van der Waals surface area contributed by atoms with E-state index in [2.05, 4.69) is 9.62 Å². The minimum atomic E-state index is -3.98. The number of anilines is 2. The molecule has 10 heteroatoms. The number of ether oxygens (including phenoxy) is 1. The Morgan fingerprint density at radius 1 is 1.06 bits per heavy atom. The Morgan fingerprint density at radius 3 is 2.29 bits per heavy atom. The third-order valence-corrected chi connectivity index (χ3v) is 7.08. The van der Waals surface area contributed by atoms with Crippen molar-refractivity contribution in [2.75, 3.05) is 22.7 Å². The fourth-order valence-electron chi connectivity index (χ4n) is 3.94. The van der Waals surface area contributed by atoms with Gasteiger partial charge < -0.3 is 14.8 Å². The van der Waals surface area contributed by atoms with Gasteiger partial charge in [-0.2, -0.15) is 4.73 Å². The number of pyridine rings is 1. The van der Waals surface area contributed by atoms with Crippen LogP contribution in [0.5, 0.6) is 0 Å². The lowest BCUT2D eigenvalue weighted by molar-refractivity contribution is -0.605. The predicted octanol–water partition coefficient (Wildman–Crippen LogP) is 3.62. The Balaban J connectivity index is 1.59. The number of halogens is 1. The van der Waals surface area contributed by atoms with Gasteiger partial charge in [0.15, 0.2) is 18.2 Å². The molecule has 2 atom stereocenters. The molecule has 2 heterocycles. The van der Waals surface area contributed by atoms with Crippen LogP contribution in [0.4, 0.5) is 11.4 Å². The SMILES string of the molecule is C[C@@H]1CN(c2ccc(S(=O)(=O)Nc3ccc(Cl)cc3C(=O)c3cc[n+]([O-])cc3)cc2)C[C@H](C)O1. The third-order valence-electron chi connectivity index (χ3n) is 5.47. The van der Waals surface area contributed by atoms with Crippen LogP contribution in [0.1, 0.15) is 29.8 Å². The fourth-order valence-corrected chi connectivity index (χ4v) is 5.19. The summed E-state index contributed by atoms with van der Waals surface area (Å²) in [6, 6.07) is 13.6. The van der Waals surface area contributed by atoms with Crippen molar-refractivity contribution < 1.29 is 22.7 Å². The molecule has 1 fully saturated rings. The maximum atomic E-state index is 13.1. The van der Waals surface area contributed by atoms with E-state index in [0.29, 0.717) is 4.73 Å². The van der Waals surface area contributed by atoms with Crippen LogP contribution in [0.25, 0.3) is 0 Å². The Morgan fingerprint density at radius 2 is 1.68 bits per heavy atom. The van der Waals surface area contributed by atoms with Crippen molar-refractivity contribution in [1.29, 1.82) is 0 Å². The van der Waals surface area contributed by atoms with E-state index < -0.39 is 15.8 Å². The number of rotatable bonds is 6. The molecule has 0 spiro atoms. The van der Waals surface area contributed by atoms with E-state index in [1.807, 2.05) is 13.8 Å². The lowest BCUT2D eigenvalue weighted by Gasteiger charge is -2.36. The van der Waals surface area contributed by atoms with Crippen molar-refractivity contribution in [1.82, 2.24) is 0 Å². The lowest BCUT2D eigenvalue weighted by atomic mass is 10.0. The summed E-state index contributed by atoms with van der Waals surface area (Å²) in [6.45, 7) is 5.45. The summed E-state index contributed by atoms with van der Waals surface area (Å²) in [5.74, 6) is -0.466. The van der Waals surface area contributed by atoms with Gasteiger partial charge in [-0.25, -0.2) is 8.42 Å². The molecule has 0 aliphatic carbocycles. The molecule has 8 nitrogen and oxygen atoms in total. The molecule has 1 N–H and O–H groups in total. The highest BCUT2D eigenvalue weighted by molar-refractivity contribution is 7.92. The van der Waals surface area contributed by atoms with Crippen molar-refractivity contribution in [2.45, 2.75) is 31.0 Å². The molecule has 0 amide bonds. The molecule has 1 aliphatic rings. The summed E-state index contributed by atoms with van der Waals surface area (Å²) < 4.78 is 35.0. The minimum absolute atomic E-state index is 0.0612. The average molecular weight is 502 g/mol. The number of aromatic nitrogens is 1. The monoisotopic (exact) mass is 501 g/mol. The van der Waals surface area contributed by atoms with Crippen LogP contribution in [0, 0.1) is 5.21 Å². The van der Waals surface area contributed by atoms with Crippen LogP contribution in [0.2, 0.25) is 5.02 Å². The first-order valence-corrected chi connectivity index (χ1v) is 12.5.